The van der Waals surface area contributed by atoms with Gasteiger partial charge in [-0.05, 0) is 140 Å². The first-order chi connectivity index (χ1) is 51.1. The lowest BCUT2D eigenvalue weighted by molar-refractivity contribution is -0.139. The van der Waals surface area contributed by atoms with Crippen molar-refractivity contribution in [3.63, 3.8) is 0 Å². The van der Waals surface area contributed by atoms with Gasteiger partial charge in [-0.25, -0.2) is 9.97 Å². The van der Waals surface area contributed by atoms with Crippen LogP contribution in [0.5, 0.6) is 0 Å². The Bertz CT molecular complexity index is 4370. The minimum atomic E-state index is -1.24. The zero-order valence-corrected chi connectivity index (χ0v) is 59.1. The van der Waals surface area contributed by atoms with E-state index >= 15 is 0 Å². The highest BCUT2D eigenvalue weighted by atomic mass is 16.6. The normalized spacial score (nSPS) is 13.8. The van der Waals surface area contributed by atoms with E-state index in [0.29, 0.717) is 95.4 Å². The summed E-state index contributed by atoms with van der Waals surface area (Å²) in [6, 6.07) is 37.3. The van der Waals surface area contributed by atoms with E-state index in [9.17, 15) is 60.0 Å². The van der Waals surface area contributed by atoms with Gasteiger partial charge < -0.3 is 105 Å². The van der Waals surface area contributed by atoms with Crippen molar-refractivity contribution < 1.29 is 93.2 Å². The highest BCUT2D eigenvalue weighted by Gasteiger charge is 2.24. The van der Waals surface area contributed by atoms with Crippen LogP contribution in [0.25, 0.3) is 90.9 Å². The van der Waals surface area contributed by atoms with Crippen LogP contribution in [0.3, 0.4) is 0 Å². The molecule has 0 aliphatic carbocycles. The van der Waals surface area contributed by atoms with Crippen LogP contribution in [0.2, 0.25) is 0 Å². The summed E-state index contributed by atoms with van der Waals surface area (Å²) in [5, 5.41) is 88.8. The third-order valence-electron chi connectivity index (χ3n) is 16.5. The molecule has 5 heterocycles. The molecule has 7 atom stereocenters. The predicted molar refractivity (Wildman–Crippen MR) is 404 cm³/mol. The lowest BCUT2D eigenvalue weighted by Crippen LogP contribution is -2.37. The van der Waals surface area contributed by atoms with Crippen LogP contribution < -0.4 is 21.3 Å². The van der Waals surface area contributed by atoms with Crippen LogP contribution in [0.1, 0.15) is 43.5 Å². The lowest BCUT2D eigenvalue weighted by Gasteiger charge is -2.25. The number of amides is 4. The second-order valence-electron chi connectivity index (χ2n) is 25.4. The van der Waals surface area contributed by atoms with E-state index < -0.39 is 81.7 Å². The summed E-state index contributed by atoms with van der Waals surface area (Å²) in [4.78, 5) is 70.4. The van der Waals surface area contributed by atoms with Gasteiger partial charge in [0.25, 0.3) is 17.7 Å². The molecule has 4 amide bonds. The Hall–Kier alpha value is -10.0. The second-order valence-corrected chi connectivity index (χ2v) is 25.4. The minimum Gasteiger partial charge on any atom is -0.394 e. The summed E-state index contributed by atoms with van der Waals surface area (Å²) in [7, 11) is 0. The second kappa shape index (κ2) is 39.4. The van der Waals surface area contributed by atoms with Crippen molar-refractivity contribution in [3.8, 4) is 44.5 Å². The first kappa shape index (κ1) is 80.1. The number of aliphatic hydroxyl groups excluding tert-OH is 8. The Balaban J connectivity index is 1.08. The smallest absolute Gasteiger partial charge is 0.250 e. The van der Waals surface area contributed by atoms with Gasteiger partial charge in [-0.3, -0.25) is 19.2 Å². The van der Waals surface area contributed by atoms with Gasteiger partial charge in [-0.15, -0.1) is 0 Å². The van der Waals surface area contributed by atoms with Crippen molar-refractivity contribution in [2.75, 3.05) is 120 Å². The largest absolute Gasteiger partial charge is 0.394 e. The summed E-state index contributed by atoms with van der Waals surface area (Å²) in [6.45, 7) is 11.3. The highest BCUT2D eigenvalue weighted by molar-refractivity contribution is 6.06. The van der Waals surface area contributed by atoms with Crippen molar-refractivity contribution >= 4 is 92.7 Å². The van der Waals surface area contributed by atoms with Crippen molar-refractivity contribution in [2.24, 2.45) is 0 Å². The molecule has 2 aliphatic heterocycles. The molecule has 9 rings (SSSR count). The molecule has 4 aromatic carbocycles. The Morgan fingerprint density at radius 1 is 0.358 bits per heavy atom. The number of nitrogens with one attached hydrogen (secondary N) is 6. The molecular formula is C79H90N8O19. The molecule has 0 saturated heterocycles. The van der Waals surface area contributed by atoms with Gasteiger partial charge in [0, 0.05) is 83.8 Å². The minimum absolute atomic E-state index is 0.145. The van der Waals surface area contributed by atoms with E-state index in [4.69, 9.17) is 43.1 Å². The Morgan fingerprint density at radius 3 is 0.906 bits per heavy atom. The average Bonchev–Trinajstić information content (AvgIpc) is 1.61. The molecule has 0 spiro atoms. The van der Waals surface area contributed by atoms with Crippen LogP contribution in [0.4, 0.5) is 22.7 Å². The Labute approximate surface area is 612 Å². The summed E-state index contributed by atoms with van der Waals surface area (Å²) in [5.74, 6) is -1.50. The van der Waals surface area contributed by atoms with Crippen molar-refractivity contribution in [1.82, 2.24) is 19.9 Å². The summed E-state index contributed by atoms with van der Waals surface area (Å²) >= 11 is 0. The van der Waals surface area contributed by atoms with E-state index in [2.05, 4.69) is 51.0 Å². The molecule has 7 aromatic rings. The number of anilines is 4. The zero-order chi connectivity index (χ0) is 75.8. The number of ether oxygens (including phenoxy) is 7. The summed E-state index contributed by atoms with van der Waals surface area (Å²) < 4.78 is 40.6. The van der Waals surface area contributed by atoms with Gasteiger partial charge in [0.2, 0.25) is 5.91 Å². The molecule has 8 bridgehead atoms. The van der Waals surface area contributed by atoms with Gasteiger partial charge in [0.1, 0.15) is 49.3 Å². The van der Waals surface area contributed by atoms with E-state index in [0.717, 1.165) is 33.4 Å². The zero-order valence-electron chi connectivity index (χ0n) is 59.1. The highest BCUT2D eigenvalue weighted by Crippen LogP contribution is 2.40. The maximum atomic E-state index is 13.8. The standard InChI is InChI=1S/C79H90N8O19/c1-46(2)77(97)81-54-17-9-50(10-18-54)74-66-25-23-64(84-66)73(49-7-15-53(16-8-49)80-72(96)45-103-42-62(106-44-63(105-38-60(95)34-91)43-101-36-58(93)32-89)41-102-40-61(104-37-59(94)33-90)39-100-35-57(92)31-88)65-24-26-67(85-65)75(51-11-19-55(20-12-51)82-78(98)47(3)4)69-28-30-71(87-69)76(70-29-27-68(74)86-70)52-13-21-56(22-14-52)83-79(99)48(5)6/h7-30,57-63,84,87-95H,1,3,5,31-45H2,2,4,6H3,(H,80,96)(H,81,97)(H,82,98)(H,83,99). The SMILES string of the molecule is C=C(C)C(=O)Nc1ccc(-c2c3nc(c(-c4ccc(NC(=O)C(=C)C)cc4)c4ccc([nH]4)c(-c4ccc(NC(=O)C(=C)C)cc4)c4nc(c(-c5ccc(NC(=O)COCC(COCC(COCC(O)CO)OCC(O)CO)OCC(COCC(O)CO)OCC(O)CO)cc5)c5ccc2[nH]5)C=C4)C=C3)cc1. The third kappa shape index (κ3) is 22.8. The topological polar surface area (TPSA) is 400 Å². The fraction of sp³-hybridized carbons (Fsp3) is 0.316. The maximum absolute atomic E-state index is 13.8. The number of nitrogens with zero attached hydrogens (tertiary/aromatic N) is 2. The molecule has 0 saturated carbocycles. The van der Waals surface area contributed by atoms with E-state index in [-0.39, 0.29) is 83.8 Å². The molecule has 3 aromatic heterocycles. The third-order valence-corrected chi connectivity index (χ3v) is 16.5. The summed E-state index contributed by atoms with van der Waals surface area (Å²) in [5.41, 5.74) is 14.1. The van der Waals surface area contributed by atoms with E-state index in [1.165, 1.54) is 0 Å². The molecular weight excluding hydrogens is 1360 g/mol. The molecule has 7 unspecified atom stereocenters. The molecule has 0 fully saturated rings. The first-order valence-electron chi connectivity index (χ1n) is 34.2. The Kier molecular flexibility index (Phi) is 29.7. The molecule has 560 valence electrons. The van der Waals surface area contributed by atoms with Crippen LogP contribution in [-0.4, -0.2) is 226 Å². The molecule has 27 heteroatoms. The average molecular weight is 1460 g/mol. The van der Waals surface area contributed by atoms with Crippen molar-refractivity contribution in [2.45, 2.75) is 63.5 Å². The van der Waals surface area contributed by atoms with Gasteiger partial charge in [0.05, 0.1) is 115 Å². The number of fused-ring (bicyclic) bond motifs is 8. The molecule has 27 nitrogen and oxygen atoms in total. The first-order valence-corrected chi connectivity index (χ1v) is 34.2. The number of hydrogen-bond donors (Lipinski definition) is 14. The molecule has 2 aliphatic rings. The van der Waals surface area contributed by atoms with Crippen LogP contribution in [-0.2, 0) is 52.3 Å². The van der Waals surface area contributed by atoms with Gasteiger partial charge in [-0.2, -0.15) is 0 Å². The van der Waals surface area contributed by atoms with Gasteiger partial charge in [0.15, 0.2) is 0 Å². The van der Waals surface area contributed by atoms with Crippen molar-refractivity contribution in [1.29, 1.82) is 0 Å². The van der Waals surface area contributed by atoms with E-state index in [1.807, 2.05) is 133 Å². The molecule has 106 heavy (non-hydrogen) atoms. The van der Waals surface area contributed by atoms with Crippen LogP contribution in [0.15, 0.2) is 158 Å². The number of rotatable bonds is 40. The predicted octanol–water partition coefficient (Wildman–Crippen LogP) is 7.44. The Morgan fingerprint density at radius 2 is 0.613 bits per heavy atom. The number of aromatic nitrogens is 4. The molecule has 14 N–H and O–H groups in total. The fourth-order valence-electron chi connectivity index (χ4n) is 10.9. The number of benzene rings is 4. The van der Waals surface area contributed by atoms with Crippen LogP contribution in [0, 0.1) is 0 Å². The van der Waals surface area contributed by atoms with Gasteiger partial charge >= 0.3 is 0 Å². The number of carbonyl (C=O) groups is 4. The molecule has 0 radical (unpaired) electrons. The maximum Gasteiger partial charge on any atom is 0.250 e. The number of carbonyl (C=O) groups excluding carboxylic acids is 4. The van der Waals surface area contributed by atoms with Crippen molar-refractivity contribution in [3.05, 3.63) is 181 Å². The summed E-state index contributed by atoms with van der Waals surface area (Å²) in [6.07, 6.45) is 0.279. The number of H-pyrrole nitrogens is 2. The number of aliphatic hydroxyl groups is 8. The number of aromatic amines is 2. The fourth-order valence-corrected chi connectivity index (χ4v) is 10.9. The van der Waals surface area contributed by atoms with Gasteiger partial charge in [-0.1, -0.05) is 68.3 Å². The quantitative estimate of drug-likeness (QED) is 0.0166. The van der Waals surface area contributed by atoms with Crippen LogP contribution >= 0.6 is 0 Å². The monoisotopic (exact) mass is 1450 g/mol. The lowest BCUT2D eigenvalue weighted by atomic mass is 10.0. The van der Waals surface area contributed by atoms with E-state index in [1.54, 1.807) is 32.9 Å². The number of hydrogen-bond acceptors (Lipinski definition) is 21.